The Hall–Kier alpha value is -2.81. The van der Waals surface area contributed by atoms with E-state index in [9.17, 15) is 21.6 Å². The van der Waals surface area contributed by atoms with Crippen molar-refractivity contribution < 1.29 is 21.6 Å². The molecule has 0 radical (unpaired) electrons. The summed E-state index contributed by atoms with van der Waals surface area (Å²) in [4.78, 5) is 0. The molecule has 28 heavy (non-hydrogen) atoms. The molecule has 0 amide bonds. The van der Waals surface area contributed by atoms with Gasteiger partial charge in [0.2, 0.25) is 10.0 Å². The molecule has 146 valence electrons. The van der Waals surface area contributed by atoms with Crippen LogP contribution in [0.15, 0.2) is 42.7 Å². The van der Waals surface area contributed by atoms with E-state index in [2.05, 4.69) is 14.9 Å². The molecule has 1 fully saturated rings. The molecule has 0 bridgehead atoms. The van der Waals surface area contributed by atoms with Crippen LogP contribution in [0.2, 0.25) is 0 Å². The highest BCUT2D eigenvalue weighted by Crippen LogP contribution is 2.33. The summed E-state index contributed by atoms with van der Waals surface area (Å²) >= 11 is 0. The van der Waals surface area contributed by atoms with Gasteiger partial charge in [0.1, 0.15) is 5.82 Å². The summed E-state index contributed by atoms with van der Waals surface area (Å²) in [5.74, 6) is -2.94. The smallest absolute Gasteiger partial charge is 0.235 e. The van der Waals surface area contributed by atoms with Crippen molar-refractivity contribution in [3.05, 3.63) is 71.3 Å². The molecule has 1 saturated carbocycles. The maximum absolute atomic E-state index is 14.6. The summed E-state index contributed by atoms with van der Waals surface area (Å²) in [5, 5.41) is 5.90. The molecular weight excluding hydrogens is 391 g/mol. The van der Waals surface area contributed by atoms with E-state index in [-0.39, 0.29) is 23.2 Å². The summed E-state index contributed by atoms with van der Waals surface area (Å²) in [6.45, 7) is 0. The van der Waals surface area contributed by atoms with Gasteiger partial charge in [-0.3, -0.25) is 9.82 Å². The molecule has 9 heteroatoms. The highest BCUT2D eigenvalue weighted by molar-refractivity contribution is 7.93. The van der Waals surface area contributed by atoms with E-state index in [0.29, 0.717) is 24.0 Å². The van der Waals surface area contributed by atoms with Crippen molar-refractivity contribution in [1.82, 2.24) is 10.2 Å². The van der Waals surface area contributed by atoms with Gasteiger partial charge in [0.15, 0.2) is 11.6 Å². The van der Waals surface area contributed by atoms with Crippen molar-refractivity contribution in [2.75, 3.05) is 4.72 Å². The maximum atomic E-state index is 14.6. The van der Waals surface area contributed by atoms with Crippen LogP contribution in [-0.2, 0) is 16.4 Å². The normalized spacial score (nSPS) is 14.2. The van der Waals surface area contributed by atoms with Gasteiger partial charge in [0.05, 0.1) is 17.1 Å². The molecule has 0 saturated heterocycles. The predicted molar refractivity (Wildman–Crippen MR) is 98.7 cm³/mol. The van der Waals surface area contributed by atoms with Gasteiger partial charge in [0.25, 0.3) is 0 Å². The summed E-state index contributed by atoms with van der Waals surface area (Å²) in [7, 11) is -3.67. The quantitative estimate of drug-likeness (QED) is 0.649. The number of hydrogen-bond donors (Lipinski definition) is 2. The molecule has 0 atom stereocenters. The van der Waals surface area contributed by atoms with Crippen LogP contribution in [-0.4, -0.2) is 23.9 Å². The SMILES string of the molecule is O=S(=O)(Nc1ccc(F)c(F)c1Cc1ccc(-c2cn[nH]c2)cc1F)C1CC1. The Bertz CT molecular complexity index is 1130. The van der Waals surface area contributed by atoms with E-state index in [1.165, 1.54) is 18.3 Å². The van der Waals surface area contributed by atoms with Crippen LogP contribution in [0.3, 0.4) is 0 Å². The lowest BCUT2D eigenvalue weighted by atomic mass is 9.99. The molecule has 5 nitrogen and oxygen atoms in total. The first-order valence-electron chi connectivity index (χ1n) is 8.61. The Morgan fingerprint density at radius 3 is 2.50 bits per heavy atom. The third-order valence-corrected chi connectivity index (χ3v) is 6.52. The van der Waals surface area contributed by atoms with Gasteiger partial charge in [-0.05, 0) is 42.2 Å². The Morgan fingerprint density at radius 2 is 1.86 bits per heavy atom. The van der Waals surface area contributed by atoms with Crippen LogP contribution < -0.4 is 4.72 Å². The van der Waals surface area contributed by atoms with Crippen LogP contribution >= 0.6 is 0 Å². The van der Waals surface area contributed by atoms with Gasteiger partial charge in [-0.15, -0.1) is 0 Å². The highest BCUT2D eigenvalue weighted by Gasteiger charge is 2.36. The number of aromatic nitrogens is 2. The van der Waals surface area contributed by atoms with Gasteiger partial charge in [-0.1, -0.05) is 12.1 Å². The van der Waals surface area contributed by atoms with Crippen molar-refractivity contribution in [1.29, 1.82) is 0 Å². The first-order chi connectivity index (χ1) is 13.3. The minimum atomic E-state index is -3.67. The number of nitrogens with one attached hydrogen (secondary N) is 2. The molecule has 4 rings (SSSR count). The second-order valence-electron chi connectivity index (χ2n) is 6.70. The van der Waals surface area contributed by atoms with Crippen LogP contribution in [0.4, 0.5) is 18.9 Å². The van der Waals surface area contributed by atoms with Gasteiger partial charge in [0, 0.05) is 23.7 Å². The van der Waals surface area contributed by atoms with E-state index >= 15 is 0 Å². The molecular formula is C19H16F3N3O2S. The molecule has 2 aromatic carbocycles. The second kappa shape index (κ2) is 6.97. The highest BCUT2D eigenvalue weighted by atomic mass is 32.2. The maximum Gasteiger partial charge on any atom is 0.235 e. The topological polar surface area (TPSA) is 74.8 Å². The second-order valence-corrected chi connectivity index (χ2v) is 8.66. The number of halogens is 3. The zero-order valence-corrected chi connectivity index (χ0v) is 15.4. The Labute approximate surface area is 159 Å². The van der Waals surface area contributed by atoms with Crippen molar-refractivity contribution in [3.8, 4) is 11.1 Å². The number of hydrogen-bond acceptors (Lipinski definition) is 3. The number of H-pyrrole nitrogens is 1. The zero-order valence-electron chi connectivity index (χ0n) is 14.5. The van der Waals surface area contributed by atoms with Crippen LogP contribution in [0.25, 0.3) is 11.1 Å². The monoisotopic (exact) mass is 407 g/mol. The lowest BCUT2D eigenvalue weighted by Gasteiger charge is -2.14. The molecule has 1 aliphatic rings. The average molecular weight is 407 g/mol. The number of sulfonamides is 1. The lowest BCUT2D eigenvalue weighted by Crippen LogP contribution is -2.19. The van der Waals surface area contributed by atoms with Crippen LogP contribution in [0.5, 0.6) is 0 Å². The van der Waals surface area contributed by atoms with Crippen molar-refractivity contribution >= 4 is 15.7 Å². The number of nitrogens with zero attached hydrogens (tertiary/aromatic N) is 1. The van der Waals surface area contributed by atoms with Crippen LogP contribution in [0.1, 0.15) is 24.0 Å². The molecule has 0 spiro atoms. The van der Waals surface area contributed by atoms with E-state index in [1.807, 2.05) is 0 Å². The summed E-state index contributed by atoms with van der Waals surface area (Å²) in [6, 6.07) is 6.37. The van der Waals surface area contributed by atoms with E-state index in [1.54, 1.807) is 12.3 Å². The lowest BCUT2D eigenvalue weighted by molar-refractivity contribution is 0.500. The average Bonchev–Trinajstić information content (AvgIpc) is 3.39. The number of anilines is 1. The molecule has 1 heterocycles. The third-order valence-electron chi connectivity index (χ3n) is 4.66. The zero-order chi connectivity index (χ0) is 19.9. The van der Waals surface area contributed by atoms with Gasteiger partial charge in [-0.2, -0.15) is 5.10 Å². The minimum absolute atomic E-state index is 0.0795. The summed E-state index contributed by atoms with van der Waals surface area (Å²) in [6.07, 6.45) is 3.89. The summed E-state index contributed by atoms with van der Waals surface area (Å²) < 4.78 is 69.5. The van der Waals surface area contributed by atoms with Crippen LogP contribution in [0, 0.1) is 17.5 Å². The standard InChI is InChI=1S/C19H16F3N3O2S/c20-16-5-6-18(25-28(26,27)14-3-4-14)15(19(16)22)7-12-2-1-11(8-17(12)21)13-9-23-24-10-13/h1-2,5-6,8-10,14,25H,3-4,7H2,(H,23,24). The van der Waals surface area contributed by atoms with E-state index in [4.69, 9.17) is 0 Å². The predicted octanol–water partition coefficient (Wildman–Crippen LogP) is 3.99. The summed E-state index contributed by atoms with van der Waals surface area (Å²) in [5.41, 5.74) is 1.05. The third kappa shape index (κ3) is 3.62. The first kappa shape index (κ1) is 18.5. The fourth-order valence-electron chi connectivity index (χ4n) is 2.95. The first-order valence-corrected chi connectivity index (χ1v) is 10.2. The van der Waals surface area contributed by atoms with E-state index < -0.39 is 32.7 Å². The molecule has 1 aromatic heterocycles. The Kier molecular flexibility index (Phi) is 4.62. The van der Waals surface area contributed by atoms with Gasteiger partial charge < -0.3 is 0 Å². The Morgan fingerprint density at radius 1 is 1.07 bits per heavy atom. The molecule has 1 aliphatic carbocycles. The van der Waals surface area contributed by atoms with Crippen molar-refractivity contribution in [2.45, 2.75) is 24.5 Å². The number of benzene rings is 2. The largest absolute Gasteiger partial charge is 0.285 e. The number of aromatic amines is 1. The van der Waals surface area contributed by atoms with Crippen molar-refractivity contribution in [2.24, 2.45) is 0 Å². The Balaban J connectivity index is 1.68. The molecule has 0 aliphatic heterocycles. The minimum Gasteiger partial charge on any atom is -0.285 e. The van der Waals surface area contributed by atoms with Gasteiger partial charge in [-0.25, -0.2) is 21.6 Å². The molecule has 3 aromatic rings. The number of rotatable bonds is 6. The van der Waals surface area contributed by atoms with Crippen molar-refractivity contribution in [3.63, 3.8) is 0 Å². The fraction of sp³-hybridized carbons (Fsp3) is 0.211. The molecule has 2 N–H and O–H groups in total. The van der Waals surface area contributed by atoms with E-state index in [0.717, 1.165) is 12.1 Å². The van der Waals surface area contributed by atoms with Gasteiger partial charge >= 0.3 is 0 Å². The molecule has 0 unspecified atom stereocenters. The fourth-order valence-corrected chi connectivity index (χ4v) is 4.37.